The van der Waals surface area contributed by atoms with Crippen LogP contribution in [-0.2, 0) is 0 Å². The van der Waals surface area contributed by atoms with Gasteiger partial charge in [0.2, 0.25) is 0 Å². The minimum absolute atomic E-state index is 0.314. The molecule has 1 N–H and O–H groups in total. The number of hydrogen-bond donors (Lipinski definition) is 1. The molecule has 0 aromatic heterocycles. The molecule has 1 saturated heterocycles. The van der Waals surface area contributed by atoms with Crippen LogP contribution in [-0.4, -0.2) is 54.6 Å². The second kappa shape index (κ2) is 9.28. The lowest BCUT2D eigenvalue weighted by atomic mass is 10.2. The van der Waals surface area contributed by atoms with E-state index in [1.807, 2.05) is 30.3 Å². The minimum Gasteiger partial charge on any atom is -0.391 e. The monoisotopic (exact) mass is 440 g/mol. The highest BCUT2D eigenvalue weighted by molar-refractivity contribution is 9.10. The quantitative estimate of drug-likeness (QED) is 0.673. The molecule has 0 saturated carbocycles. The predicted octanol–water partition coefficient (Wildman–Crippen LogP) is 4.38. The Morgan fingerprint density at radius 3 is 2.48 bits per heavy atom. The Bertz CT molecular complexity index is 677. The van der Waals surface area contributed by atoms with E-state index >= 15 is 0 Å². The van der Waals surface area contributed by atoms with Crippen LogP contribution in [0.1, 0.15) is 0 Å². The Balaban J connectivity index is 1.41. The zero-order valence-electron chi connectivity index (χ0n) is 13.9. The third kappa shape index (κ3) is 5.90. The topological polar surface area (TPSA) is 26.7 Å². The minimum atomic E-state index is -0.314. The van der Waals surface area contributed by atoms with Crippen LogP contribution < -0.4 is 4.90 Å². The molecule has 134 valence electrons. The summed E-state index contributed by atoms with van der Waals surface area (Å²) in [5.74, 6) is 0.718. The van der Waals surface area contributed by atoms with Gasteiger partial charge in [0.1, 0.15) is 0 Å². The van der Waals surface area contributed by atoms with Crippen LogP contribution in [0, 0.1) is 0 Å². The second-order valence-electron chi connectivity index (χ2n) is 6.19. The van der Waals surface area contributed by atoms with Gasteiger partial charge in [-0.2, -0.15) is 0 Å². The normalized spacial score (nSPS) is 16.8. The average Bonchev–Trinajstić information content (AvgIpc) is 2.62. The summed E-state index contributed by atoms with van der Waals surface area (Å²) in [4.78, 5) is 5.88. The summed E-state index contributed by atoms with van der Waals surface area (Å²) >= 11 is 11.2. The molecule has 6 heteroatoms. The van der Waals surface area contributed by atoms with Gasteiger partial charge in [-0.05, 0) is 42.5 Å². The molecule has 1 atom stereocenters. The van der Waals surface area contributed by atoms with Crippen molar-refractivity contribution in [1.29, 1.82) is 0 Å². The molecule has 2 aromatic rings. The van der Waals surface area contributed by atoms with Crippen LogP contribution in [0.5, 0.6) is 0 Å². The van der Waals surface area contributed by atoms with E-state index in [-0.39, 0.29) is 6.10 Å². The number of β-amino-alcohol motifs (C(OH)–C–C–N with tert-alkyl or cyclic N) is 1. The Morgan fingerprint density at radius 2 is 1.80 bits per heavy atom. The fourth-order valence-electron chi connectivity index (χ4n) is 2.94. The molecule has 3 rings (SSSR count). The van der Waals surface area contributed by atoms with Gasteiger partial charge in [-0.15, -0.1) is 11.8 Å². The second-order valence-corrected chi connectivity index (χ2v) is 8.63. The smallest absolute Gasteiger partial charge is 0.0760 e. The van der Waals surface area contributed by atoms with Gasteiger partial charge in [-0.1, -0.05) is 33.6 Å². The number of anilines is 1. The number of halogens is 2. The van der Waals surface area contributed by atoms with Crippen molar-refractivity contribution in [3.63, 3.8) is 0 Å². The first-order valence-corrected chi connectivity index (χ1v) is 10.5. The van der Waals surface area contributed by atoms with Gasteiger partial charge in [0.05, 0.1) is 6.10 Å². The summed E-state index contributed by atoms with van der Waals surface area (Å²) < 4.78 is 1.08. The number of aliphatic hydroxyl groups excluding tert-OH is 1. The first kappa shape index (κ1) is 19.1. The maximum Gasteiger partial charge on any atom is 0.0760 e. The van der Waals surface area contributed by atoms with Crippen LogP contribution in [0.4, 0.5) is 5.69 Å². The van der Waals surface area contributed by atoms with Crippen molar-refractivity contribution in [2.45, 2.75) is 11.0 Å². The van der Waals surface area contributed by atoms with E-state index in [0.717, 1.165) is 48.0 Å². The highest BCUT2D eigenvalue weighted by Crippen LogP contribution is 2.23. The van der Waals surface area contributed by atoms with E-state index in [0.29, 0.717) is 0 Å². The molecule has 0 radical (unpaired) electrons. The Morgan fingerprint density at radius 1 is 1.08 bits per heavy atom. The van der Waals surface area contributed by atoms with Crippen molar-refractivity contribution in [2.75, 3.05) is 43.4 Å². The van der Waals surface area contributed by atoms with Crippen LogP contribution in [0.15, 0.2) is 57.9 Å². The molecule has 1 aliphatic rings. The van der Waals surface area contributed by atoms with Crippen molar-refractivity contribution in [2.24, 2.45) is 0 Å². The molecule has 2 aromatic carbocycles. The number of benzene rings is 2. The molecule has 25 heavy (non-hydrogen) atoms. The standard InChI is InChI=1S/C19H22BrClN2OS/c20-15-4-6-19(7-5-15)25-14-18(24)13-22-8-10-23(11-9-22)17-3-1-2-16(21)12-17/h1-7,12,18,24H,8-11,13-14H2/t18-/m1/s1. The van der Waals surface area contributed by atoms with E-state index in [1.54, 1.807) is 11.8 Å². The third-order valence-corrected chi connectivity index (χ3v) is 6.19. The lowest BCUT2D eigenvalue weighted by Gasteiger charge is -2.37. The van der Waals surface area contributed by atoms with Gasteiger partial charge in [-0.3, -0.25) is 4.90 Å². The molecule has 0 bridgehead atoms. The lowest BCUT2D eigenvalue weighted by molar-refractivity contribution is 0.126. The van der Waals surface area contributed by atoms with E-state index in [9.17, 15) is 5.11 Å². The molecule has 0 amide bonds. The number of hydrogen-bond acceptors (Lipinski definition) is 4. The van der Waals surface area contributed by atoms with Gasteiger partial charge in [0.25, 0.3) is 0 Å². The highest BCUT2D eigenvalue weighted by Gasteiger charge is 2.19. The Hall–Kier alpha value is -0.720. The number of rotatable bonds is 6. The molecular formula is C19H22BrClN2OS. The van der Waals surface area contributed by atoms with Crippen molar-refractivity contribution in [3.8, 4) is 0 Å². The number of nitrogens with zero attached hydrogens (tertiary/aromatic N) is 2. The van der Waals surface area contributed by atoms with Gasteiger partial charge in [0.15, 0.2) is 0 Å². The summed E-state index contributed by atoms with van der Waals surface area (Å²) in [5, 5.41) is 11.1. The summed E-state index contributed by atoms with van der Waals surface area (Å²) in [6.07, 6.45) is -0.314. The fourth-order valence-corrected chi connectivity index (χ4v) is 4.20. The molecule has 0 aliphatic carbocycles. The zero-order chi connectivity index (χ0) is 17.6. The maximum atomic E-state index is 10.3. The molecule has 3 nitrogen and oxygen atoms in total. The fraction of sp³-hybridized carbons (Fsp3) is 0.368. The van der Waals surface area contributed by atoms with Crippen molar-refractivity contribution >= 4 is 45.0 Å². The summed E-state index contributed by atoms with van der Waals surface area (Å²) in [7, 11) is 0. The van der Waals surface area contributed by atoms with Gasteiger partial charge in [-0.25, -0.2) is 0 Å². The molecular weight excluding hydrogens is 420 g/mol. The van der Waals surface area contributed by atoms with E-state index < -0.39 is 0 Å². The Kier molecular flexibility index (Phi) is 7.08. The Labute approximate surface area is 167 Å². The van der Waals surface area contributed by atoms with Crippen LogP contribution in [0.2, 0.25) is 5.02 Å². The molecule has 1 heterocycles. The SMILES string of the molecule is O[C@@H](CSc1ccc(Br)cc1)CN1CCN(c2cccc(Cl)c2)CC1. The summed E-state index contributed by atoms with van der Waals surface area (Å²) in [6.45, 7) is 4.59. The molecule has 1 aliphatic heterocycles. The third-order valence-electron chi connectivity index (χ3n) is 4.27. The zero-order valence-corrected chi connectivity index (χ0v) is 17.1. The summed E-state index contributed by atoms with van der Waals surface area (Å²) in [5.41, 5.74) is 1.18. The number of piperazine rings is 1. The van der Waals surface area contributed by atoms with Gasteiger partial charge < -0.3 is 10.0 Å². The first-order chi connectivity index (χ1) is 12.1. The van der Waals surface area contributed by atoms with Crippen molar-refractivity contribution in [3.05, 3.63) is 58.0 Å². The average molecular weight is 442 g/mol. The van der Waals surface area contributed by atoms with Crippen LogP contribution >= 0.6 is 39.3 Å². The van der Waals surface area contributed by atoms with Gasteiger partial charge in [0, 0.05) is 58.6 Å². The molecule has 0 spiro atoms. The highest BCUT2D eigenvalue weighted by atomic mass is 79.9. The maximum absolute atomic E-state index is 10.3. The molecule has 1 fully saturated rings. The predicted molar refractivity (Wildman–Crippen MR) is 111 cm³/mol. The van der Waals surface area contributed by atoms with E-state index in [4.69, 9.17) is 11.6 Å². The van der Waals surface area contributed by atoms with E-state index in [2.05, 4.69) is 43.9 Å². The van der Waals surface area contributed by atoms with Crippen molar-refractivity contribution in [1.82, 2.24) is 4.90 Å². The lowest BCUT2D eigenvalue weighted by Crippen LogP contribution is -2.48. The summed E-state index contributed by atoms with van der Waals surface area (Å²) in [6, 6.07) is 16.2. The largest absolute Gasteiger partial charge is 0.391 e. The van der Waals surface area contributed by atoms with Crippen LogP contribution in [0.3, 0.4) is 0 Å². The first-order valence-electron chi connectivity index (χ1n) is 8.39. The number of thioether (sulfide) groups is 1. The van der Waals surface area contributed by atoms with Gasteiger partial charge >= 0.3 is 0 Å². The molecule has 0 unspecified atom stereocenters. The van der Waals surface area contributed by atoms with Crippen LogP contribution in [0.25, 0.3) is 0 Å². The number of aliphatic hydroxyl groups is 1. The van der Waals surface area contributed by atoms with Crippen molar-refractivity contribution < 1.29 is 5.11 Å². The van der Waals surface area contributed by atoms with E-state index in [1.165, 1.54) is 10.6 Å².